The monoisotopic (exact) mass is 396 g/mol. The van der Waals surface area contributed by atoms with Crippen molar-refractivity contribution in [3.8, 4) is 0 Å². The molecule has 1 aliphatic heterocycles. The molecule has 2 aromatic carbocycles. The van der Waals surface area contributed by atoms with Gasteiger partial charge in [-0.05, 0) is 24.6 Å². The number of anilines is 1. The molecule has 3 rings (SSSR count). The Morgan fingerprint density at radius 3 is 2.57 bits per heavy atom. The van der Waals surface area contributed by atoms with E-state index in [1.165, 1.54) is 0 Å². The van der Waals surface area contributed by atoms with Crippen LogP contribution in [-0.4, -0.2) is 28.1 Å². The lowest BCUT2D eigenvalue weighted by molar-refractivity contribution is -0.120. The van der Waals surface area contributed by atoms with Crippen molar-refractivity contribution in [3.63, 3.8) is 0 Å². The number of benzene rings is 2. The Kier molecular flexibility index (Phi) is 6.10. The number of nitrogens with two attached hydrogens (primary N) is 1. The zero-order chi connectivity index (χ0) is 20.1. The normalized spacial score (nSPS) is 17.2. The molecule has 0 fully saturated rings. The SMILES string of the molecule is CC(SC1=NC(c2ccccc2)CC(=O)N1)C(=O)Nc1ccccc1C(N)=O. The molecule has 2 unspecified atom stereocenters. The van der Waals surface area contributed by atoms with E-state index in [-0.39, 0.29) is 29.8 Å². The second-order valence-electron chi connectivity index (χ2n) is 6.27. The summed E-state index contributed by atoms with van der Waals surface area (Å²) < 4.78 is 0. The molecule has 0 saturated heterocycles. The Bertz CT molecular complexity index is 930. The number of nitrogens with one attached hydrogen (secondary N) is 2. The predicted octanol–water partition coefficient (Wildman–Crippen LogP) is 2.46. The van der Waals surface area contributed by atoms with E-state index in [2.05, 4.69) is 15.6 Å². The quantitative estimate of drug-likeness (QED) is 0.720. The van der Waals surface area contributed by atoms with Gasteiger partial charge < -0.3 is 16.4 Å². The van der Waals surface area contributed by atoms with Gasteiger partial charge in [0, 0.05) is 0 Å². The van der Waals surface area contributed by atoms with Crippen LogP contribution in [-0.2, 0) is 9.59 Å². The van der Waals surface area contributed by atoms with Gasteiger partial charge in [0.15, 0.2) is 5.17 Å². The van der Waals surface area contributed by atoms with Gasteiger partial charge in [0.2, 0.25) is 11.8 Å². The lowest BCUT2D eigenvalue weighted by atomic mass is 10.0. The highest BCUT2D eigenvalue weighted by atomic mass is 32.2. The van der Waals surface area contributed by atoms with Crippen molar-refractivity contribution in [2.24, 2.45) is 10.7 Å². The molecule has 0 radical (unpaired) electrons. The van der Waals surface area contributed by atoms with E-state index >= 15 is 0 Å². The molecule has 0 aliphatic carbocycles. The van der Waals surface area contributed by atoms with Crippen LogP contribution in [0.15, 0.2) is 59.6 Å². The van der Waals surface area contributed by atoms with Gasteiger partial charge in [0.05, 0.1) is 29.0 Å². The first-order valence-electron chi connectivity index (χ1n) is 8.73. The maximum atomic E-state index is 12.5. The third-order valence-corrected chi connectivity index (χ3v) is 5.19. The standard InChI is InChI=1S/C20H20N4O3S/c1-12(19(27)22-15-10-6-5-9-14(15)18(21)26)28-20-23-16(11-17(25)24-20)13-7-3-2-4-8-13/h2-10,12,16H,11H2,1H3,(H2,21,26)(H,22,27)(H,23,24,25). The number of aliphatic imine (C=N–C) groups is 1. The summed E-state index contributed by atoms with van der Waals surface area (Å²) in [4.78, 5) is 40.7. The highest BCUT2D eigenvalue weighted by Crippen LogP contribution is 2.27. The second-order valence-corrected chi connectivity index (χ2v) is 7.60. The van der Waals surface area contributed by atoms with Crippen molar-refractivity contribution in [1.29, 1.82) is 0 Å². The molecule has 0 bridgehead atoms. The van der Waals surface area contributed by atoms with E-state index in [1.807, 2.05) is 30.3 Å². The lowest BCUT2D eigenvalue weighted by Crippen LogP contribution is -2.36. The molecule has 144 valence electrons. The van der Waals surface area contributed by atoms with E-state index in [9.17, 15) is 14.4 Å². The zero-order valence-electron chi connectivity index (χ0n) is 15.2. The summed E-state index contributed by atoms with van der Waals surface area (Å²) in [6, 6.07) is 15.8. The van der Waals surface area contributed by atoms with Crippen molar-refractivity contribution in [3.05, 3.63) is 65.7 Å². The number of amides is 3. The van der Waals surface area contributed by atoms with Crippen LogP contribution in [0.5, 0.6) is 0 Å². The average molecular weight is 396 g/mol. The molecule has 2 aromatic rings. The van der Waals surface area contributed by atoms with Gasteiger partial charge in [0.25, 0.3) is 5.91 Å². The fraction of sp³-hybridized carbons (Fsp3) is 0.200. The number of nitrogens with zero attached hydrogens (tertiary/aromatic N) is 1. The first-order valence-corrected chi connectivity index (χ1v) is 9.61. The summed E-state index contributed by atoms with van der Waals surface area (Å²) in [6.07, 6.45) is 0.265. The number of rotatable bonds is 5. The average Bonchev–Trinajstić information content (AvgIpc) is 2.68. The number of carbonyl (C=O) groups excluding carboxylic acids is 3. The number of hydrogen-bond acceptors (Lipinski definition) is 5. The fourth-order valence-corrected chi connectivity index (χ4v) is 3.62. The molecular weight excluding hydrogens is 376 g/mol. The molecule has 7 nitrogen and oxygen atoms in total. The van der Waals surface area contributed by atoms with Gasteiger partial charge in [-0.15, -0.1) is 0 Å². The highest BCUT2D eigenvalue weighted by Gasteiger charge is 2.26. The lowest BCUT2D eigenvalue weighted by Gasteiger charge is -2.22. The van der Waals surface area contributed by atoms with Crippen molar-refractivity contribution < 1.29 is 14.4 Å². The molecule has 28 heavy (non-hydrogen) atoms. The van der Waals surface area contributed by atoms with E-state index < -0.39 is 11.2 Å². The number of hydrogen-bond donors (Lipinski definition) is 3. The summed E-state index contributed by atoms with van der Waals surface area (Å²) >= 11 is 1.15. The van der Waals surface area contributed by atoms with Crippen LogP contribution in [0.25, 0.3) is 0 Å². The minimum Gasteiger partial charge on any atom is -0.366 e. The number of carbonyl (C=O) groups is 3. The minimum absolute atomic E-state index is 0.141. The van der Waals surface area contributed by atoms with Crippen LogP contribution < -0.4 is 16.4 Å². The molecule has 8 heteroatoms. The summed E-state index contributed by atoms with van der Waals surface area (Å²) in [7, 11) is 0. The van der Waals surface area contributed by atoms with Crippen molar-refractivity contribution in [1.82, 2.24) is 5.32 Å². The number of primary amides is 1. The molecule has 3 amide bonds. The van der Waals surface area contributed by atoms with Crippen LogP contribution in [0.1, 0.15) is 35.3 Å². The van der Waals surface area contributed by atoms with Crippen LogP contribution in [0.3, 0.4) is 0 Å². The van der Waals surface area contributed by atoms with Crippen LogP contribution >= 0.6 is 11.8 Å². The van der Waals surface area contributed by atoms with Gasteiger partial charge in [0.1, 0.15) is 0 Å². The van der Waals surface area contributed by atoms with E-state index in [4.69, 9.17) is 5.73 Å². The van der Waals surface area contributed by atoms with Gasteiger partial charge >= 0.3 is 0 Å². The van der Waals surface area contributed by atoms with Crippen molar-refractivity contribution in [2.75, 3.05) is 5.32 Å². The number of thioether (sulfide) groups is 1. The van der Waals surface area contributed by atoms with E-state index in [0.29, 0.717) is 10.9 Å². The van der Waals surface area contributed by atoms with Crippen LogP contribution in [0, 0.1) is 0 Å². The van der Waals surface area contributed by atoms with Crippen molar-refractivity contribution in [2.45, 2.75) is 24.6 Å². The largest absolute Gasteiger partial charge is 0.366 e. The first kappa shape index (κ1) is 19.6. The Morgan fingerprint density at radius 2 is 1.86 bits per heavy atom. The molecular formula is C20H20N4O3S. The highest BCUT2D eigenvalue weighted by molar-refractivity contribution is 8.15. The summed E-state index contributed by atoms with van der Waals surface area (Å²) in [5, 5.41) is 5.27. The van der Waals surface area contributed by atoms with Gasteiger partial charge in [-0.25, -0.2) is 0 Å². The molecule has 0 saturated carbocycles. The van der Waals surface area contributed by atoms with Crippen LogP contribution in [0.4, 0.5) is 5.69 Å². The Morgan fingerprint density at radius 1 is 1.18 bits per heavy atom. The van der Waals surface area contributed by atoms with Gasteiger partial charge in [-0.2, -0.15) is 0 Å². The topological polar surface area (TPSA) is 114 Å². The Labute approximate surface area is 166 Å². The second kappa shape index (κ2) is 8.71. The molecule has 4 N–H and O–H groups in total. The van der Waals surface area contributed by atoms with E-state index in [1.54, 1.807) is 31.2 Å². The first-order chi connectivity index (χ1) is 13.4. The molecule has 1 heterocycles. The smallest absolute Gasteiger partial charge is 0.250 e. The third kappa shape index (κ3) is 4.77. The molecule has 2 atom stereocenters. The maximum absolute atomic E-state index is 12.5. The predicted molar refractivity (Wildman–Crippen MR) is 110 cm³/mol. The fourth-order valence-electron chi connectivity index (χ4n) is 2.76. The molecule has 0 spiro atoms. The van der Waals surface area contributed by atoms with Crippen molar-refractivity contribution >= 4 is 40.3 Å². The molecule has 0 aromatic heterocycles. The Balaban J connectivity index is 1.70. The summed E-state index contributed by atoms with van der Waals surface area (Å²) in [5.41, 5.74) is 6.87. The Hall–Kier alpha value is -3.13. The van der Waals surface area contributed by atoms with Gasteiger partial charge in [-0.3, -0.25) is 19.4 Å². The summed E-state index contributed by atoms with van der Waals surface area (Å²) in [6.45, 7) is 1.70. The maximum Gasteiger partial charge on any atom is 0.250 e. The van der Waals surface area contributed by atoms with E-state index in [0.717, 1.165) is 17.3 Å². The summed E-state index contributed by atoms with van der Waals surface area (Å²) in [5.74, 6) is -1.08. The minimum atomic E-state index is -0.620. The van der Waals surface area contributed by atoms with Gasteiger partial charge in [-0.1, -0.05) is 54.2 Å². The third-order valence-electron chi connectivity index (χ3n) is 4.19. The van der Waals surface area contributed by atoms with Crippen LogP contribution in [0.2, 0.25) is 0 Å². The zero-order valence-corrected chi connectivity index (χ0v) is 16.0. The molecule has 1 aliphatic rings. The number of amidine groups is 1. The number of para-hydroxylation sites is 1.